The van der Waals surface area contributed by atoms with E-state index in [0.29, 0.717) is 0 Å². The molecule has 0 saturated heterocycles. The van der Waals surface area contributed by atoms with Crippen molar-refractivity contribution >= 4 is 28.0 Å². The standard InChI is InChI=1S/C11H11BrO3/c1-14-9-5-3-8(10(12)7-9)4-6-11(13)15-2/h3-7H,1-2H3/b6-4+. The monoisotopic (exact) mass is 270 g/mol. The van der Waals surface area contributed by atoms with Crippen molar-refractivity contribution in [3.05, 3.63) is 34.3 Å². The van der Waals surface area contributed by atoms with Gasteiger partial charge in [0.15, 0.2) is 0 Å². The lowest BCUT2D eigenvalue weighted by molar-refractivity contribution is -0.134. The van der Waals surface area contributed by atoms with Crippen LogP contribution in [0.25, 0.3) is 6.08 Å². The summed E-state index contributed by atoms with van der Waals surface area (Å²) in [6, 6.07) is 5.50. The molecule has 0 N–H and O–H groups in total. The van der Waals surface area contributed by atoms with Crippen LogP contribution in [0.5, 0.6) is 5.75 Å². The molecule has 0 fully saturated rings. The number of halogens is 1. The Hall–Kier alpha value is -1.29. The molecule has 0 aliphatic rings. The van der Waals surface area contributed by atoms with Crippen molar-refractivity contribution in [2.75, 3.05) is 14.2 Å². The molecule has 4 heteroatoms. The van der Waals surface area contributed by atoms with Crippen molar-refractivity contribution in [1.29, 1.82) is 0 Å². The van der Waals surface area contributed by atoms with E-state index in [2.05, 4.69) is 20.7 Å². The molecule has 1 rings (SSSR count). The van der Waals surface area contributed by atoms with Crippen molar-refractivity contribution in [3.63, 3.8) is 0 Å². The van der Waals surface area contributed by atoms with Gasteiger partial charge in [-0.25, -0.2) is 4.79 Å². The maximum absolute atomic E-state index is 10.9. The SMILES string of the molecule is COC(=O)/C=C/c1ccc(OC)cc1Br. The van der Waals surface area contributed by atoms with E-state index in [1.165, 1.54) is 13.2 Å². The quantitative estimate of drug-likeness (QED) is 0.626. The van der Waals surface area contributed by atoms with Gasteiger partial charge in [-0.3, -0.25) is 0 Å². The van der Waals surface area contributed by atoms with E-state index in [1.54, 1.807) is 13.2 Å². The highest BCUT2D eigenvalue weighted by Gasteiger charge is 1.99. The predicted molar refractivity (Wildman–Crippen MR) is 61.7 cm³/mol. The zero-order valence-corrected chi connectivity index (χ0v) is 10.1. The molecule has 3 nitrogen and oxygen atoms in total. The molecule has 80 valence electrons. The van der Waals surface area contributed by atoms with Gasteiger partial charge in [0, 0.05) is 10.5 Å². The van der Waals surface area contributed by atoms with Crippen LogP contribution in [0, 0.1) is 0 Å². The van der Waals surface area contributed by atoms with E-state index < -0.39 is 0 Å². The first-order valence-corrected chi connectivity index (χ1v) is 5.06. The largest absolute Gasteiger partial charge is 0.497 e. The van der Waals surface area contributed by atoms with Crippen LogP contribution < -0.4 is 4.74 Å². The second-order valence-corrected chi connectivity index (χ2v) is 3.60. The molecule has 0 bridgehead atoms. The average Bonchev–Trinajstić information content (AvgIpc) is 2.26. The summed E-state index contributed by atoms with van der Waals surface area (Å²) in [5.41, 5.74) is 0.890. The van der Waals surface area contributed by atoms with E-state index in [4.69, 9.17) is 4.74 Å². The highest BCUT2D eigenvalue weighted by Crippen LogP contribution is 2.23. The molecule has 0 spiro atoms. The Morgan fingerprint density at radius 3 is 2.67 bits per heavy atom. The predicted octanol–water partition coefficient (Wildman–Crippen LogP) is 2.64. The van der Waals surface area contributed by atoms with E-state index in [-0.39, 0.29) is 5.97 Å². The van der Waals surface area contributed by atoms with Gasteiger partial charge in [-0.2, -0.15) is 0 Å². The second kappa shape index (κ2) is 5.56. The van der Waals surface area contributed by atoms with Crippen LogP contribution in [-0.4, -0.2) is 20.2 Å². The maximum Gasteiger partial charge on any atom is 0.330 e. The Morgan fingerprint density at radius 1 is 1.40 bits per heavy atom. The molecule has 0 heterocycles. The summed E-state index contributed by atoms with van der Waals surface area (Å²) in [4.78, 5) is 10.9. The lowest BCUT2D eigenvalue weighted by Gasteiger charge is -2.02. The number of hydrogen-bond acceptors (Lipinski definition) is 3. The molecule has 15 heavy (non-hydrogen) atoms. The minimum atomic E-state index is -0.377. The van der Waals surface area contributed by atoms with Crippen LogP contribution in [0.1, 0.15) is 5.56 Å². The number of carbonyl (C=O) groups is 1. The highest BCUT2D eigenvalue weighted by molar-refractivity contribution is 9.10. The lowest BCUT2D eigenvalue weighted by atomic mass is 10.2. The molecule has 0 radical (unpaired) electrons. The van der Waals surface area contributed by atoms with Crippen LogP contribution in [0.4, 0.5) is 0 Å². The van der Waals surface area contributed by atoms with Gasteiger partial charge in [-0.15, -0.1) is 0 Å². The molecule has 0 atom stereocenters. The molecule has 0 aliphatic carbocycles. The first kappa shape index (κ1) is 11.8. The van der Waals surface area contributed by atoms with Gasteiger partial charge in [-0.05, 0) is 23.8 Å². The Morgan fingerprint density at radius 2 is 2.13 bits per heavy atom. The molecule has 1 aromatic rings. The number of hydrogen-bond donors (Lipinski definition) is 0. The summed E-state index contributed by atoms with van der Waals surface area (Å²) in [6.07, 6.45) is 3.04. The van der Waals surface area contributed by atoms with E-state index >= 15 is 0 Å². The molecule has 0 amide bonds. The van der Waals surface area contributed by atoms with Gasteiger partial charge in [0.1, 0.15) is 5.75 Å². The lowest BCUT2D eigenvalue weighted by Crippen LogP contribution is -1.93. The highest BCUT2D eigenvalue weighted by atomic mass is 79.9. The smallest absolute Gasteiger partial charge is 0.330 e. The summed E-state index contributed by atoms with van der Waals surface area (Å²) in [5, 5.41) is 0. The Labute approximate surface area is 96.8 Å². The maximum atomic E-state index is 10.9. The zero-order chi connectivity index (χ0) is 11.3. The summed E-state index contributed by atoms with van der Waals surface area (Å²) >= 11 is 3.38. The first-order chi connectivity index (χ1) is 7.17. The molecule has 1 aromatic carbocycles. The number of rotatable bonds is 3. The molecule has 0 unspecified atom stereocenters. The zero-order valence-electron chi connectivity index (χ0n) is 8.49. The fraction of sp³-hybridized carbons (Fsp3) is 0.182. The Balaban J connectivity index is 2.87. The number of methoxy groups -OCH3 is 2. The minimum Gasteiger partial charge on any atom is -0.497 e. The van der Waals surface area contributed by atoms with Gasteiger partial charge >= 0.3 is 5.97 Å². The molecular formula is C11H11BrO3. The van der Waals surface area contributed by atoms with Gasteiger partial charge in [0.2, 0.25) is 0 Å². The van der Waals surface area contributed by atoms with Crippen LogP contribution in [0.2, 0.25) is 0 Å². The average molecular weight is 271 g/mol. The molecule has 0 saturated carbocycles. The summed E-state index contributed by atoms with van der Waals surface area (Å²) in [7, 11) is 2.95. The van der Waals surface area contributed by atoms with Crippen molar-refractivity contribution in [2.45, 2.75) is 0 Å². The van der Waals surface area contributed by atoms with Crippen LogP contribution >= 0.6 is 15.9 Å². The fourth-order valence-corrected chi connectivity index (χ4v) is 1.49. The van der Waals surface area contributed by atoms with Gasteiger partial charge < -0.3 is 9.47 Å². The summed E-state index contributed by atoms with van der Waals surface area (Å²) in [5.74, 6) is 0.384. The van der Waals surface area contributed by atoms with Crippen molar-refractivity contribution in [1.82, 2.24) is 0 Å². The van der Waals surface area contributed by atoms with E-state index in [9.17, 15) is 4.79 Å². The third-order valence-electron chi connectivity index (χ3n) is 1.81. The topological polar surface area (TPSA) is 35.5 Å². The third-order valence-corrected chi connectivity index (χ3v) is 2.49. The van der Waals surface area contributed by atoms with Gasteiger partial charge in [0.25, 0.3) is 0 Å². The normalized spacial score (nSPS) is 10.3. The van der Waals surface area contributed by atoms with Gasteiger partial charge in [0.05, 0.1) is 14.2 Å². The number of ether oxygens (including phenoxy) is 2. The van der Waals surface area contributed by atoms with E-state index in [0.717, 1.165) is 15.8 Å². The molecule has 0 aromatic heterocycles. The van der Waals surface area contributed by atoms with Crippen molar-refractivity contribution in [3.8, 4) is 5.75 Å². The number of esters is 1. The molecular weight excluding hydrogens is 260 g/mol. The number of carbonyl (C=O) groups excluding carboxylic acids is 1. The first-order valence-electron chi connectivity index (χ1n) is 4.27. The van der Waals surface area contributed by atoms with E-state index in [1.807, 2.05) is 18.2 Å². The molecule has 0 aliphatic heterocycles. The van der Waals surface area contributed by atoms with Crippen molar-refractivity contribution < 1.29 is 14.3 Å². The summed E-state index contributed by atoms with van der Waals surface area (Å²) < 4.78 is 10.4. The van der Waals surface area contributed by atoms with Crippen molar-refractivity contribution in [2.24, 2.45) is 0 Å². The fourth-order valence-electron chi connectivity index (χ4n) is 0.996. The van der Waals surface area contributed by atoms with Crippen LogP contribution in [-0.2, 0) is 9.53 Å². The third kappa shape index (κ3) is 3.40. The Bertz CT molecular complexity index is 385. The number of benzene rings is 1. The summed E-state index contributed by atoms with van der Waals surface area (Å²) in [6.45, 7) is 0. The minimum absolute atomic E-state index is 0.377. The van der Waals surface area contributed by atoms with Gasteiger partial charge in [-0.1, -0.05) is 22.0 Å². The second-order valence-electron chi connectivity index (χ2n) is 2.74. The Kier molecular flexibility index (Phi) is 4.37. The van der Waals surface area contributed by atoms with Crippen LogP contribution in [0.3, 0.4) is 0 Å². The van der Waals surface area contributed by atoms with Crippen LogP contribution in [0.15, 0.2) is 28.7 Å².